The molecule has 1 amide bonds. The summed E-state index contributed by atoms with van der Waals surface area (Å²) in [5, 5.41) is 11.0. The van der Waals surface area contributed by atoms with Crippen LogP contribution < -0.4 is 5.32 Å². The average Bonchev–Trinajstić information content (AvgIpc) is 2.27. The molecule has 0 heterocycles. The summed E-state index contributed by atoms with van der Waals surface area (Å²) >= 11 is 0. The first-order valence-corrected chi connectivity index (χ1v) is 6.06. The number of nitriles is 1. The summed E-state index contributed by atoms with van der Waals surface area (Å²) in [6.07, 6.45) is -5.54. The first-order chi connectivity index (χ1) is 9.45. The van der Waals surface area contributed by atoms with Crippen LogP contribution in [0.2, 0.25) is 0 Å². The van der Waals surface area contributed by atoms with Crippen LogP contribution in [0.1, 0.15) is 37.5 Å². The van der Waals surface area contributed by atoms with E-state index in [1.165, 1.54) is 19.1 Å². The molecule has 0 spiro atoms. The number of rotatable bonds is 1. The molecule has 0 fully saturated rings. The van der Waals surface area contributed by atoms with Gasteiger partial charge in [0.15, 0.2) is 0 Å². The topological polar surface area (TPSA) is 62.1 Å². The first-order valence-electron chi connectivity index (χ1n) is 6.06. The summed E-state index contributed by atoms with van der Waals surface area (Å²) in [4.78, 5) is 11.6. The number of benzene rings is 1. The maximum Gasteiger partial charge on any atom is 0.418 e. The van der Waals surface area contributed by atoms with Crippen LogP contribution >= 0.6 is 0 Å². The van der Waals surface area contributed by atoms with Gasteiger partial charge in [-0.05, 0) is 45.4 Å². The number of ether oxygens (including phenoxy) is 1. The normalized spacial score (nSPS) is 11.7. The second-order valence-corrected chi connectivity index (χ2v) is 5.40. The van der Waals surface area contributed by atoms with E-state index in [4.69, 9.17) is 10.00 Å². The van der Waals surface area contributed by atoms with E-state index in [1.807, 2.05) is 0 Å². The quantitative estimate of drug-likeness (QED) is 0.844. The third kappa shape index (κ3) is 4.38. The van der Waals surface area contributed by atoms with Crippen molar-refractivity contribution in [1.29, 1.82) is 5.26 Å². The SMILES string of the molecule is Cc1c(NC(=O)OC(C)(C)C)ccc(C#N)c1C(F)(F)F. The lowest BCUT2D eigenvalue weighted by atomic mass is 10.0. The van der Waals surface area contributed by atoms with Crippen LogP contribution in [0, 0.1) is 18.3 Å². The van der Waals surface area contributed by atoms with Gasteiger partial charge >= 0.3 is 12.3 Å². The molecule has 0 atom stereocenters. The van der Waals surface area contributed by atoms with Crippen molar-refractivity contribution < 1.29 is 22.7 Å². The van der Waals surface area contributed by atoms with Gasteiger partial charge in [0.1, 0.15) is 5.60 Å². The Morgan fingerprint density at radius 1 is 1.29 bits per heavy atom. The van der Waals surface area contributed by atoms with Crippen molar-refractivity contribution in [1.82, 2.24) is 0 Å². The van der Waals surface area contributed by atoms with E-state index < -0.39 is 29.0 Å². The Kier molecular flexibility index (Phi) is 4.52. The fourth-order valence-electron chi connectivity index (χ4n) is 1.72. The highest BCUT2D eigenvalue weighted by atomic mass is 19.4. The number of hydrogen-bond acceptors (Lipinski definition) is 3. The largest absolute Gasteiger partial charge is 0.444 e. The predicted octanol–water partition coefficient (Wildman–Crippen LogP) is 4.23. The zero-order valence-corrected chi connectivity index (χ0v) is 12.1. The average molecular weight is 300 g/mol. The Hall–Kier alpha value is -2.23. The third-order valence-corrected chi connectivity index (χ3v) is 2.50. The standard InChI is InChI=1S/C14H15F3N2O2/c1-8-10(19-12(20)21-13(2,3)4)6-5-9(7-18)11(8)14(15,16)17/h5-6H,1-4H3,(H,19,20). The highest BCUT2D eigenvalue weighted by molar-refractivity contribution is 5.86. The fourth-order valence-corrected chi connectivity index (χ4v) is 1.72. The molecule has 0 aliphatic heterocycles. The van der Waals surface area contributed by atoms with E-state index in [0.29, 0.717) is 0 Å². The van der Waals surface area contributed by atoms with E-state index in [2.05, 4.69) is 5.32 Å². The molecule has 0 unspecified atom stereocenters. The zero-order valence-electron chi connectivity index (χ0n) is 12.1. The van der Waals surface area contributed by atoms with Crippen LogP contribution in [0.25, 0.3) is 0 Å². The number of amides is 1. The Balaban J connectivity index is 3.18. The maximum absolute atomic E-state index is 13.0. The number of hydrogen-bond donors (Lipinski definition) is 1. The van der Waals surface area contributed by atoms with Crippen molar-refractivity contribution in [3.63, 3.8) is 0 Å². The van der Waals surface area contributed by atoms with Gasteiger partial charge in [-0.2, -0.15) is 18.4 Å². The van der Waals surface area contributed by atoms with Crippen LogP contribution in [0.15, 0.2) is 12.1 Å². The van der Waals surface area contributed by atoms with Crippen molar-refractivity contribution in [2.45, 2.75) is 39.5 Å². The monoisotopic (exact) mass is 300 g/mol. The summed E-state index contributed by atoms with van der Waals surface area (Å²) in [5.41, 5.74) is -2.59. The lowest BCUT2D eigenvalue weighted by Crippen LogP contribution is -2.27. The molecule has 4 nitrogen and oxygen atoms in total. The molecule has 0 bridgehead atoms. The molecule has 1 N–H and O–H groups in total. The van der Waals surface area contributed by atoms with E-state index in [-0.39, 0.29) is 11.3 Å². The minimum atomic E-state index is -4.68. The first kappa shape index (κ1) is 16.8. The number of halogens is 3. The highest BCUT2D eigenvalue weighted by Gasteiger charge is 2.36. The molecule has 7 heteroatoms. The van der Waals surface area contributed by atoms with Gasteiger partial charge in [-0.1, -0.05) is 0 Å². The Morgan fingerprint density at radius 2 is 1.86 bits per heavy atom. The number of nitrogens with one attached hydrogen (secondary N) is 1. The van der Waals surface area contributed by atoms with Crippen molar-refractivity contribution in [2.24, 2.45) is 0 Å². The fraction of sp³-hybridized carbons (Fsp3) is 0.429. The number of carbonyl (C=O) groups excluding carboxylic acids is 1. The molecular formula is C14H15F3N2O2. The molecule has 0 aliphatic carbocycles. The van der Waals surface area contributed by atoms with Crippen molar-refractivity contribution >= 4 is 11.8 Å². The van der Waals surface area contributed by atoms with Gasteiger partial charge in [0, 0.05) is 5.69 Å². The van der Waals surface area contributed by atoms with Crippen molar-refractivity contribution in [2.75, 3.05) is 5.32 Å². The van der Waals surface area contributed by atoms with Crippen LogP contribution in [-0.4, -0.2) is 11.7 Å². The van der Waals surface area contributed by atoms with Gasteiger partial charge in [-0.3, -0.25) is 5.32 Å². The maximum atomic E-state index is 13.0. The molecule has 0 saturated heterocycles. The summed E-state index contributed by atoms with van der Waals surface area (Å²) in [5.74, 6) is 0. The molecule has 0 radical (unpaired) electrons. The molecule has 1 rings (SSSR count). The number of alkyl halides is 3. The second-order valence-electron chi connectivity index (χ2n) is 5.40. The number of nitrogens with zero attached hydrogens (tertiary/aromatic N) is 1. The minimum Gasteiger partial charge on any atom is -0.444 e. The molecule has 1 aromatic rings. The Morgan fingerprint density at radius 3 is 2.29 bits per heavy atom. The minimum absolute atomic E-state index is 0.0458. The van der Waals surface area contributed by atoms with E-state index >= 15 is 0 Å². The third-order valence-electron chi connectivity index (χ3n) is 2.50. The lowest BCUT2D eigenvalue weighted by Gasteiger charge is -2.21. The smallest absolute Gasteiger partial charge is 0.418 e. The molecule has 0 aromatic heterocycles. The van der Waals surface area contributed by atoms with Crippen molar-refractivity contribution in [3.8, 4) is 6.07 Å². The van der Waals surface area contributed by atoms with Crippen LogP contribution in [-0.2, 0) is 10.9 Å². The highest BCUT2D eigenvalue weighted by Crippen LogP contribution is 2.37. The summed E-state index contributed by atoms with van der Waals surface area (Å²) in [6.45, 7) is 6.11. The predicted molar refractivity (Wildman–Crippen MR) is 70.8 cm³/mol. The van der Waals surface area contributed by atoms with Gasteiger partial charge in [-0.25, -0.2) is 4.79 Å². The molecule has 21 heavy (non-hydrogen) atoms. The van der Waals surface area contributed by atoms with Gasteiger partial charge in [0.05, 0.1) is 17.2 Å². The van der Waals surface area contributed by atoms with Gasteiger partial charge in [0.2, 0.25) is 0 Å². The molecule has 0 saturated carbocycles. The zero-order chi connectivity index (χ0) is 16.4. The lowest BCUT2D eigenvalue weighted by molar-refractivity contribution is -0.138. The summed E-state index contributed by atoms with van der Waals surface area (Å²) < 4.78 is 44.0. The number of anilines is 1. The van der Waals surface area contributed by atoms with E-state index in [0.717, 1.165) is 6.07 Å². The molecule has 1 aromatic carbocycles. The summed E-state index contributed by atoms with van der Waals surface area (Å²) in [7, 11) is 0. The van der Waals surface area contributed by atoms with Crippen LogP contribution in [0.5, 0.6) is 0 Å². The second kappa shape index (κ2) is 5.64. The number of carbonyl (C=O) groups is 1. The van der Waals surface area contributed by atoms with Crippen LogP contribution in [0.4, 0.5) is 23.7 Å². The Labute approximate surface area is 120 Å². The van der Waals surface area contributed by atoms with Gasteiger partial charge in [-0.15, -0.1) is 0 Å². The Bertz CT molecular complexity index is 596. The molecule has 0 aliphatic rings. The molecule has 114 valence electrons. The van der Waals surface area contributed by atoms with E-state index in [1.54, 1.807) is 20.8 Å². The summed E-state index contributed by atoms with van der Waals surface area (Å²) in [6, 6.07) is 3.76. The van der Waals surface area contributed by atoms with Gasteiger partial charge in [0.25, 0.3) is 0 Å². The molecular weight excluding hydrogens is 285 g/mol. The van der Waals surface area contributed by atoms with Gasteiger partial charge < -0.3 is 4.74 Å². The van der Waals surface area contributed by atoms with Crippen LogP contribution in [0.3, 0.4) is 0 Å². The van der Waals surface area contributed by atoms with Crippen molar-refractivity contribution in [3.05, 3.63) is 28.8 Å². The van der Waals surface area contributed by atoms with E-state index in [9.17, 15) is 18.0 Å².